The molecule has 0 amide bonds. The van der Waals surface area contributed by atoms with Crippen LogP contribution < -0.4 is 0 Å². The Morgan fingerprint density at radius 2 is 1.96 bits per heavy atom. The molecule has 120 valence electrons. The number of aryl methyl sites for hydroxylation is 2. The molecule has 0 radical (unpaired) electrons. The third kappa shape index (κ3) is 3.32. The standard InChI is InChI=1S/C17H20N4OS/c1-11(2)15-9-18-16(22-15)10-23-17-20-19-13(4)21(17)14-8-6-5-7-12(14)3/h5-9,11H,10H2,1-4H3. The van der Waals surface area contributed by atoms with Gasteiger partial charge in [-0.3, -0.25) is 4.57 Å². The maximum atomic E-state index is 5.75. The highest BCUT2D eigenvalue weighted by Gasteiger charge is 2.15. The van der Waals surface area contributed by atoms with Gasteiger partial charge < -0.3 is 4.42 Å². The molecule has 0 saturated heterocycles. The predicted molar refractivity (Wildman–Crippen MR) is 91.0 cm³/mol. The highest BCUT2D eigenvalue weighted by atomic mass is 32.2. The number of thioether (sulfide) groups is 1. The summed E-state index contributed by atoms with van der Waals surface area (Å²) in [4.78, 5) is 4.33. The number of rotatable bonds is 5. The zero-order chi connectivity index (χ0) is 16.4. The zero-order valence-corrected chi connectivity index (χ0v) is 14.6. The van der Waals surface area contributed by atoms with Gasteiger partial charge in [-0.15, -0.1) is 10.2 Å². The number of hydrogen-bond acceptors (Lipinski definition) is 5. The normalized spacial score (nSPS) is 11.3. The number of hydrogen-bond donors (Lipinski definition) is 0. The second kappa shape index (κ2) is 6.58. The monoisotopic (exact) mass is 328 g/mol. The Morgan fingerprint density at radius 1 is 1.17 bits per heavy atom. The van der Waals surface area contributed by atoms with Gasteiger partial charge in [0, 0.05) is 5.92 Å². The smallest absolute Gasteiger partial charge is 0.204 e. The summed E-state index contributed by atoms with van der Waals surface area (Å²) < 4.78 is 7.83. The lowest BCUT2D eigenvalue weighted by molar-refractivity contribution is 0.453. The maximum Gasteiger partial charge on any atom is 0.204 e. The van der Waals surface area contributed by atoms with Gasteiger partial charge in [0.2, 0.25) is 5.89 Å². The third-order valence-corrected chi connectivity index (χ3v) is 4.53. The van der Waals surface area contributed by atoms with Crippen molar-refractivity contribution in [1.82, 2.24) is 19.7 Å². The Balaban J connectivity index is 1.83. The Kier molecular flexibility index (Phi) is 4.52. The zero-order valence-electron chi connectivity index (χ0n) is 13.8. The fourth-order valence-electron chi connectivity index (χ4n) is 2.31. The minimum absolute atomic E-state index is 0.346. The summed E-state index contributed by atoms with van der Waals surface area (Å²) in [5.41, 5.74) is 2.29. The van der Waals surface area contributed by atoms with Crippen LogP contribution in [0.15, 0.2) is 40.0 Å². The second-order valence-electron chi connectivity index (χ2n) is 5.75. The topological polar surface area (TPSA) is 56.7 Å². The van der Waals surface area contributed by atoms with E-state index in [0.717, 1.165) is 28.3 Å². The van der Waals surface area contributed by atoms with Crippen molar-refractivity contribution in [2.75, 3.05) is 0 Å². The highest BCUT2D eigenvalue weighted by molar-refractivity contribution is 7.98. The number of para-hydroxylation sites is 1. The van der Waals surface area contributed by atoms with Gasteiger partial charge in [-0.25, -0.2) is 4.98 Å². The second-order valence-corrected chi connectivity index (χ2v) is 6.69. The van der Waals surface area contributed by atoms with Crippen LogP contribution in [0.2, 0.25) is 0 Å². The van der Waals surface area contributed by atoms with Crippen LogP contribution in [-0.2, 0) is 5.75 Å². The van der Waals surface area contributed by atoms with Crippen LogP contribution in [0.1, 0.15) is 42.8 Å². The van der Waals surface area contributed by atoms with Crippen molar-refractivity contribution in [3.05, 3.63) is 53.5 Å². The summed E-state index contributed by atoms with van der Waals surface area (Å²) in [5, 5.41) is 9.37. The fourth-order valence-corrected chi connectivity index (χ4v) is 3.16. The van der Waals surface area contributed by atoms with Crippen molar-refractivity contribution in [2.45, 2.75) is 44.5 Å². The Bertz CT molecular complexity index is 807. The molecular weight excluding hydrogens is 308 g/mol. The van der Waals surface area contributed by atoms with Crippen molar-refractivity contribution in [1.29, 1.82) is 0 Å². The lowest BCUT2D eigenvalue weighted by Crippen LogP contribution is -2.01. The first-order valence-corrected chi connectivity index (χ1v) is 8.60. The van der Waals surface area contributed by atoms with Gasteiger partial charge in [0.05, 0.1) is 17.6 Å². The fraction of sp³-hybridized carbons (Fsp3) is 0.353. The molecule has 0 spiro atoms. The van der Waals surface area contributed by atoms with Crippen LogP contribution >= 0.6 is 11.8 Å². The van der Waals surface area contributed by atoms with Crippen molar-refractivity contribution in [2.24, 2.45) is 0 Å². The minimum atomic E-state index is 0.346. The van der Waals surface area contributed by atoms with Crippen molar-refractivity contribution in [3.8, 4) is 5.69 Å². The molecule has 2 aromatic heterocycles. The van der Waals surface area contributed by atoms with Gasteiger partial charge in [-0.05, 0) is 25.5 Å². The molecule has 0 saturated carbocycles. The van der Waals surface area contributed by atoms with Gasteiger partial charge >= 0.3 is 0 Å². The summed E-state index contributed by atoms with van der Waals surface area (Å²) in [6, 6.07) is 8.23. The van der Waals surface area contributed by atoms with Crippen LogP contribution in [-0.4, -0.2) is 19.7 Å². The van der Waals surface area contributed by atoms with Crippen molar-refractivity contribution in [3.63, 3.8) is 0 Å². The predicted octanol–water partition coefficient (Wildman–Crippen LogP) is 4.29. The molecule has 3 aromatic rings. The van der Waals surface area contributed by atoms with Crippen molar-refractivity contribution < 1.29 is 4.42 Å². The molecule has 5 nitrogen and oxygen atoms in total. The number of nitrogens with zero attached hydrogens (tertiary/aromatic N) is 4. The summed E-state index contributed by atoms with van der Waals surface area (Å²) in [6.07, 6.45) is 1.80. The van der Waals surface area contributed by atoms with Gasteiger partial charge in [-0.2, -0.15) is 0 Å². The van der Waals surface area contributed by atoms with E-state index in [-0.39, 0.29) is 0 Å². The summed E-state index contributed by atoms with van der Waals surface area (Å²) >= 11 is 1.58. The van der Waals surface area contributed by atoms with E-state index < -0.39 is 0 Å². The average Bonchev–Trinajstić information content (AvgIpc) is 3.13. The molecule has 0 aliphatic rings. The van der Waals surface area contributed by atoms with Crippen LogP contribution in [0.25, 0.3) is 5.69 Å². The van der Waals surface area contributed by atoms with E-state index in [0.29, 0.717) is 11.7 Å². The Morgan fingerprint density at radius 3 is 2.65 bits per heavy atom. The first-order valence-electron chi connectivity index (χ1n) is 7.61. The van der Waals surface area contributed by atoms with Crippen molar-refractivity contribution >= 4 is 11.8 Å². The molecule has 3 rings (SSSR count). The average molecular weight is 328 g/mol. The maximum absolute atomic E-state index is 5.75. The van der Waals surface area contributed by atoms with Crippen LogP contribution in [0.4, 0.5) is 0 Å². The molecule has 1 aromatic carbocycles. The molecule has 0 bridgehead atoms. The lowest BCUT2D eigenvalue weighted by Gasteiger charge is -2.10. The molecule has 0 atom stereocenters. The number of aromatic nitrogens is 4. The van der Waals surface area contributed by atoms with E-state index in [1.165, 1.54) is 5.56 Å². The van der Waals surface area contributed by atoms with E-state index in [2.05, 4.69) is 52.7 Å². The molecule has 2 heterocycles. The van der Waals surface area contributed by atoms with E-state index in [9.17, 15) is 0 Å². The van der Waals surface area contributed by atoms with Gasteiger partial charge in [-0.1, -0.05) is 43.8 Å². The van der Waals surface area contributed by atoms with Crippen LogP contribution in [0, 0.1) is 13.8 Å². The minimum Gasteiger partial charge on any atom is -0.445 e. The molecular formula is C17H20N4OS. The van der Waals surface area contributed by atoms with Gasteiger partial charge in [0.15, 0.2) is 5.16 Å². The largest absolute Gasteiger partial charge is 0.445 e. The Hall–Kier alpha value is -2.08. The molecule has 0 aliphatic heterocycles. The molecule has 0 unspecified atom stereocenters. The first kappa shape index (κ1) is 15.8. The van der Waals surface area contributed by atoms with Crippen LogP contribution in [0.5, 0.6) is 0 Å². The van der Waals surface area contributed by atoms with E-state index in [1.54, 1.807) is 18.0 Å². The SMILES string of the molecule is Cc1ccccc1-n1c(C)nnc1SCc1ncc(C(C)C)o1. The third-order valence-electron chi connectivity index (χ3n) is 3.62. The first-order chi connectivity index (χ1) is 11.1. The van der Waals surface area contributed by atoms with E-state index in [4.69, 9.17) is 4.42 Å². The number of oxazole rings is 1. The molecule has 0 N–H and O–H groups in total. The molecule has 0 aliphatic carbocycles. The highest BCUT2D eigenvalue weighted by Crippen LogP contribution is 2.27. The molecule has 0 fully saturated rings. The quantitative estimate of drug-likeness (QED) is 0.654. The van der Waals surface area contributed by atoms with E-state index >= 15 is 0 Å². The number of benzene rings is 1. The van der Waals surface area contributed by atoms with E-state index in [1.807, 2.05) is 19.1 Å². The Labute approximate surface area is 140 Å². The van der Waals surface area contributed by atoms with Gasteiger partial charge in [0.25, 0.3) is 0 Å². The lowest BCUT2D eigenvalue weighted by atomic mass is 10.2. The summed E-state index contributed by atoms with van der Waals surface area (Å²) in [7, 11) is 0. The molecule has 6 heteroatoms. The summed E-state index contributed by atoms with van der Waals surface area (Å²) in [6.45, 7) is 8.24. The van der Waals surface area contributed by atoms with Crippen LogP contribution in [0.3, 0.4) is 0 Å². The van der Waals surface area contributed by atoms with Gasteiger partial charge in [0.1, 0.15) is 11.6 Å². The molecule has 23 heavy (non-hydrogen) atoms. The summed E-state index contributed by atoms with van der Waals surface area (Å²) in [5.74, 6) is 3.49.